The molecule has 1 saturated heterocycles. The monoisotopic (exact) mass is 393 g/mol. The first-order chi connectivity index (χ1) is 11.0. The third-order valence-corrected chi connectivity index (χ3v) is 6.80. The molecular weight excluding hydrogens is 357 g/mol. The molecule has 0 aromatic rings. The van der Waals surface area contributed by atoms with Gasteiger partial charge in [0, 0.05) is 24.5 Å². The molecule has 1 heterocycles. The molecule has 2 bridgehead atoms. The molecule has 25 heavy (non-hydrogen) atoms. The number of amides is 1. The van der Waals surface area contributed by atoms with Crippen LogP contribution in [0, 0.1) is 23.7 Å². The Morgan fingerprint density at radius 1 is 1.12 bits per heavy atom. The second-order valence-electron chi connectivity index (χ2n) is 8.51. The number of halogens is 2. The highest BCUT2D eigenvalue weighted by atomic mass is 35.5. The number of piperidine rings is 1. The quantitative estimate of drug-likeness (QED) is 0.770. The Bertz CT molecular complexity index is 401. The molecule has 3 fully saturated rings. The molecule has 0 aromatic heterocycles. The standard InChI is InChI=1S/C19H35N3O.2ClH/c1-13-6-8-22(9-7-13)14(2)12-21-19(23)17-10-15-4-3-5-16(11-17)18(15)20;;/h13-18H,3-12,20H2,1-2H3,(H,21,23);2*1H. The summed E-state index contributed by atoms with van der Waals surface area (Å²) in [5.74, 6) is 2.52. The van der Waals surface area contributed by atoms with Gasteiger partial charge >= 0.3 is 0 Å². The highest BCUT2D eigenvalue weighted by Crippen LogP contribution is 2.41. The number of carbonyl (C=O) groups is 1. The maximum Gasteiger partial charge on any atom is 0.223 e. The van der Waals surface area contributed by atoms with Crippen LogP contribution in [0.2, 0.25) is 0 Å². The number of hydrogen-bond donors (Lipinski definition) is 2. The van der Waals surface area contributed by atoms with E-state index in [9.17, 15) is 4.79 Å². The molecule has 0 spiro atoms. The number of likely N-dealkylation sites (tertiary alicyclic amines) is 1. The summed E-state index contributed by atoms with van der Waals surface area (Å²) in [7, 11) is 0. The van der Waals surface area contributed by atoms with Gasteiger partial charge in [0.1, 0.15) is 0 Å². The van der Waals surface area contributed by atoms with Gasteiger partial charge in [-0.3, -0.25) is 9.69 Å². The topological polar surface area (TPSA) is 58.4 Å². The summed E-state index contributed by atoms with van der Waals surface area (Å²) in [4.78, 5) is 15.1. The smallest absolute Gasteiger partial charge is 0.223 e. The van der Waals surface area contributed by atoms with Gasteiger partial charge in [-0.05, 0) is 76.3 Å². The third kappa shape index (κ3) is 5.72. The van der Waals surface area contributed by atoms with E-state index < -0.39 is 0 Å². The number of rotatable bonds is 4. The van der Waals surface area contributed by atoms with Crippen molar-refractivity contribution in [3.05, 3.63) is 0 Å². The van der Waals surface area contributed by atoms with Crippen LogP contribution in [0.25, 0.3) is 0 Å². The lowest BCUT2D eigenvalue weighted by Gasteiger charge is -2.43. The van der Waals surface area contributed by atoms with E-state index in [2.05, 4.69) is 24.1 Å². The fourth-order valence-corrected chi connectivity index (χ4v) is 4.99. The van der Waals surface area contributed by atoms with E-state index in [1.165, 1.54) is 45.2 Å². The van der Waals surface area contributed by atoms with Crippen LogP contribution in [0.1, 0.15) is 58.8 Å². The summed E-state index contributed by atoms with van der Waals surface area (Å²) < 4.78 is 0. The molecule has 0 radical (unpaired) electrons. The summed E-state index contributed by atoms with van der Waals surface area (Å²) in [5.41, 5.74) is 6.34. The largest absolute Gasteiger partial charge is 0.354 e. The van der Waals surface area contributed by atoms with Gasteiger partial charge in [-0.15, -0.1) is 24.8 Å². The minimum absolute atomic E-state index is 0. The molecule has 2 saturated carbocycles. The summed E-state index contributed by atoms with van der Waals surface area (Å²) in [5, 5.41) is 3.24. The van der Waals surface area contributed by atoms with Crippen molar-refractivity contribution >= 4 is 30.7 Å². The molecule has 2 aliphatic carbocycles. The zero-order valence-electron chi connectivity index (χ0n) is 15.8. The number of nitrogens with zero attached hydrogens (tertiary/aromatic N) is 1. The lowest BCUT2D eigenvalue weighted by molar-refractivity contribution is -0.128. The van der Waals surface area contributed by atoms with Gasteiger partial charge in [0.2, 0.25) is 5.91 Å². The van der Waals surface area contributed by atoms with E-state index in [0.29, 0.717) is 23.9 Å². The summed E-state index contributed by atoms with van der Waals surface area (Å²) in [6.07, 6.45) is 8.37. The van der Waals surface area contributed by atoms with Crippen molar-refractivity contribution in [2.75, 3.05) is 19.6 Å². The fraction of sp³-hybridized carbons (Fsp3) is 0.947. The van der Waals surface area contributed by atoms with Crippen LogP contribution in [0.15, 0.2) is 0 Å². The minimum Gasteiger partial charge on any atom is -0.354 e. The van der Waals surface area contributed by atoms with E-state index in [-0.39, 0.29) is 36.6 Å². The third-order valence-electron chi connectivity index (χ3n) is 6.80. The lowest BCUT2D eigenvalue weighted by atomic mass is 9.65. The second kappa shape index (κ2) is 10.3. The Morgan fingerprint density at radius 3 is 2.24 bits per heavy atom. The Morgan fingerprint density at radius 2 is 1.68 bits per heavy atom. The van der Waals surface area contributed by atoms with Crippen molar-refractivity contribution in [2.24, 2.45) is 29.4 Å². The molecular formula is C19H37Cl2N3O. The Kier molecular flexibility index (Phi) is 9.52. The summed E-state index contributed by atoms with van der Waals surface area (Å²) in [6, 6.07) is 0.805. The van der Waals surface area contributed by atoms with Crippen molar-refractivity contribution in [2.45, 2.75) is 70.9 Å². The number of nitrogens with one attached hydrogen (secondary N) is 1. The maximum absolute atomic E-state index is 12.6. The number of carbonyl (C=O) groups excluding carboxylic acids is 1. The van der Waals surface area contributed by atoms with Gasteiger partial charge in [0.05, 0.1) is 0 Å². The summed E-state index contributed by atoms with van der Waals surface area (Å²) in [6.45, 7) is 7.75. The minimum atomic E-state index is 0. The molecule has 3 atom stereocenters. The van der Waals surface area contributed by atoms with Crippen LogP contribution in [0.4, 0.5) is 0 Å². The first kappa shape index (κ1) is 23.0. The second-order valence-corrected chi connectivity index (χ2v) is 8.51. The van der Waals surface area contributed by atoms with Crippen molar-refractivity contribution < 1.29 is 4.79 Å². The molecule has 1 amide bonds. The number of fused-ring (bicyclic) bond motifs is 2. The van der Waals surface area contributed by atoms with Crippen molar-refractivity contribution in [3.63, 3.8) is 0 Å². The first-order valence-electron chi connectivity index (χ1n) is 9.82. The van der Waals surface area contributed by atoms with Gasteiger partial charge in [-0.25, -0.2) is 0 Å². The first-order valence-corrected chi connectivity index (χ1v) is 9.82. The van der Waals surface area contributed by atoms with E-state index >= 15 is 0 Å². The Labute approximate surface area is 165 Å². The van der Waals surface area contributed by atoms with Crippen LogP contribution in [0.3, 0.4) is 0 Å². The van der Waals surface area contributed by atoms with E-state index in [4.69, 9.17) is 5.73 Å². The van der Waals surface area contributed by atoms with Crippen LogP contribution in [0.5, 0.6) is 0 Å². The molecule has 148 valence electrons. The van der Waals surface area contributed by atoms with Crippen molar-refractivity contribution in [1.29, 1.82) is 0 Å². The van der Waals surface area contributed by atoms with Gasteiger partial charge in [-0.2, -0.15) is 0 Å². The SMILES string of the molecule is CC1CCN(C(C)CNC(=O)C2CC3CCCC(C2)C3N)CC1.Cl.Cl. The van der Waals surface area contributed by atoms with Crippen molar-refractivity contribution in [3.8, 4) is 0 Å². The van der Waals surface area contributed by atoms with Crippen LogP contribution in [-0.2, 0) is 4.79 Å². The zero-order valence-corrected chi connectivity index (χ0v) is 17.4. The lowest BCUT2D eigenvalue weighted by Crippen LogP contribution is -2.50. The molecule has 3 unspecified atom stereocenters. The fourth-order valence-electron chi connectivity index (χ4n) is 4.99. The highest BCUT2D eigenvalue weighted by Gasteiger charge is 2.40. The molecule has 3 aliphatic rings. The van der Waals surface area contributed by atoms with Crippen molar-refractivity contribution in [1.82, 2.24) is 10.2 Å². The van der Waals surface area contributed by atoms with E-state index in [1.807, 2.05) is 0 Å². The predicted octanol–water partition coefficient (Wildman–Crippen LogP) is 3.22. The molecule has 6 heteroatoms. The van der Waals surface area contributed by atoms with E-state index in [1.54, 1.807) is 0 Å². The molecule has 3 N–H and O–H groups in total. The molecule has 4 nitrogen and oxygen atoms in total. The Hall–Kier alpha value is -0.0300. The van der Waals surface area contributed by atoms with Crippen LogP contribution >= 0.6 is 24.8 Å². The maximum atomic E-state index is 12.6. The average molecular weight is 394 g/mol. The predicted molar refractivity (Wildman–Crippen MR) is 108 cm³/mol. The number of nitrogens with two attached hydrogens (primary N) is 1. The molecule has 1 aliphatic heterocycles. The average Bonchev–Trinajstić information content (AvgIpc) is 2.52. The van der Waals surface area contributed by atoms with E-state index in [0.717, 1.165) is 25.3 Å². The molecule has 0 aromatic carbocycles. The van der Waals surface area contributed by atoms with Crippen LogP contribution in [-0.4, -0.2) is 42.5 Å². The van der Waals surface area contributed by atoms with Gasteiger partial charge < -0.3 is 11.1 Å². The highest BCUT2D eigenvalue weighted by molar-refractivity contribution is 5.85. The van der Waals surface area contributed by atoms with Gasteiger partial charge in [-0.1, -0.05) is 13.3 Å². The molecule has 3 rings (SSSR count). The van der Waals surface area contributed by atoms with Crippen LogP contribution < -0.4 is 11.1 Å². The zero-order chi connectivity index (χ0) is 16.4. The van der Waals surface area contributed by atoms with Gasteiger partial charge in [0.15, 0.2) is 0 Å². The summed E-state index contributed by atoms with van der Waals surface area (Å²) >= 11 is 0. The Balaban J connectivity index is 0.00000156. The number of hydrogen-bond acceptors (Lipinski definition) is 3. The normalized spacial score (nSPS) is 34.4. The van der Waals surface area contributed by atoms with Gasteiger partial charge in [0.25, 0.3) is 0 Å².